The molecule has 3 heteroatoms. The molecule has 0 saturated heterocycles. The van der Waals surface area contributed by atoms with E-state index in [-0.39, 0.29) is 39.0 Å². The normalized spacial score (nSPS) is 18.5. The van der Waals surface area contributed by atoms with Crippen molar-refractivity contribution in [2.45, 2.75) is 0 Å². The van der Waals surface area contributed by atoms with Crippen molar-refractivity contribution in [1.29, 1.82) is 0 Å². The molecule has 0 aliphatic heterocycles. The summed E-state index contributed by atoms with van der Waals surface area (Å²) in [5.41, 5.74) is -7.71. The third kappa shape index (κ3) is 6.59. The van der Waals surface area contributed by atoms with Gasteiger partial charge in [-0.25, -0.2) is 0 Å². The summed E-state index contributed by atoms with van der Waals surface area (Å²) in [4.78, 5) is 1.03. The van der Waals surface area contributed by atoms with Gasteiger partial charge in [-0.05, 0) is 128 Å². The SMILES string of the molecule is [2H]c1cc(N(c2cc([2H])c(-c3c([2H])c([2H])c([2H])c4c([2H])c([2H])c([2H])c([2H])c34)cc2-c2cccc([2H])c2[2H])c2c([2H])c([2H])c3oc4c([2H])c(-c5c([2H])c([2H])c([2H])c6c5c5cc([2H])c([2H])c([2H])c5n6-c5c([2H])c([2H])c([2H])c([2H])c5[2H])c([2H])c([2H])c4c3c2[2H])ccc1-c1c([2H])c([2H])c([2H])c([2H])c1[2H]. The molecule has 0 amide bonds. The summed E-state index contributed by atoms with van der Waals surface area (Å²) in [6.45, 7) is 0. The van der Waals surface area contributed by atoms with Crippen LogP contribution in [0.2, 0.25) is 0 Å². The van der Waals surface area contributed by atoms with Gasteiger partial charge in [-0.15, -0.1) is 0 Å². The number of benzene rings is 11. The van der Waals surface area contributed by atoms with Crippen LogP contribution in [-0.4, -0.2) is 4.57 Å². The fourth-order valence-electron chi connectivity index (χ4n) is 8.07. The minimum Gasteiger partial charge on any atom is -0.456 e. The number of anilines is 3. The Kier molecular flexibility index (Phi) is 4.24. The van der Waals surface area contributed by atoms with E-state index in [4.69, 9.17) is 30.5 Å². The van der Waals surface area contributed by atoms with Crippen molar-refractivity contribution in [2.24, 2.45) is 0 Å². The summed E-state index contributed by atoms with van der Waals surface area (Å²) in [6.07, 6.45) is 0. The van der Waals surface area contributed by atoms with Crippen molar-refractivity contribution in [2.75, 3.05) is 4.90 Å². The highest BCUT2D eigenvalue weighted by Gasteiger charge is 2.22. The number of nitrogens with zero attached hydrogens (tertiary/aromatic N) is 2. The van der Waals surface area contributed by atoms with E-state index in [0.717, 1.165) is 39.8 Å². The van der Waals surface area contributed by atoms with Gasteiger partial charge in [0.15, 0.2) is 0 Å². The second kappa shape index (κ2) is 16.0. The molecule has 0 N–H and O–H groups in total. The van der Waals surface area contributed by atoms with Gasteiger partial charge in [0.05, 0.1) is 62.0 Å². The molecule has 2 aromatic heterocycles. The van der Waals surface area contributed by atoms with Crippen LogP contribution < -0.4 is 4.90 Å². The molecular formula is C64H42N2O. The maximum atomic E-state index is 10.3. The zero-order valence-electron chi connectivity index (χ0n) is 67.0. The molecule has 67 heavy (non-hydrogen) atoms. The summed E-state index contributed by atoms with van der Waals surface area (Å²) in [7, 11) is 0. The third-order valence-electron chi connectivity index (χ3n) is 11.0. The van der Waals surface area contributed by atoms with Crippen LogP contribution in [0.15, 0.2) is 258 Å². The van der Waals surface area contributed by atoms with Crippen LogP contribution in [0, 0.1) is 0 Å². The number of aromatic nitrogens is 1. The number of para-hydroxylation sites is 2. The molecule has 11 aromatic carbocycles. The summed E-state index contributed by atoms with van der Waals surface area (Å²) in [6, 6.07) is -15.4. The molecule has 0 unspecified atom stereocenters. The highest BCUT2D eigenvalue weighted by Crippen LogP contribution is 2.46. The average Bonchev–Trinajstić information content (AvgIpc) is 1.35. The Morgan fingerprint density at radius 1 is 0.388 bits per heavy atom. The van der Waals surface area contributed by atoms with Gasteiger partial charge in [0.25, 0.3) is 0 Å². The number of furan rings is 1. The quantitative estimate of drug-likeness (QED) is 0.152. The van der Waals surface area contributed by atoms with E-state index in [1.165, 1.54) is 24.3 Å². The van der Waals surface area contributed by atoms with E-state index in [1.807, 2.05) is 0 Å². The first-order valence-corrected chi connectivity index (χ1v) is 20.2. The summed E-state index contributed by atoms with van der Waals surface area (Å²) in [5, 5.41) is -2.81. The molecule has 3 nitrogen and oxygen atoms in total. The molecule has 0 fully saturated rings. The maximum absolute atomic E-state index is 10.3. The lowest BCUT2D eigenvalue weighted by Crippen LogP contribution is -2.11. The smallest absolute Gasteiger partial charge is 0.136 e. The first-order chi connectivity index (χ1) is 46.9. The fourth-order valence-corrected chi connectivity index (χ4v) is 8.07. The van der Waals surface area contributed by atoms with Crippen LogP contribution in [0.4, 0.5) is 17.1 Å². The van der Waals surface area contributed by atoms with Crippen LogP contribution in [0.1, 0.15) is 45.2 Å². The van der Waals surface area contributed by atoms with Crippen LogP contribution in [0.25, 0.3) is 105 Å². The van der Waals surface area contributed by atoms with Crippen LogP contribution in [0.3, 0.4) is 0 Å². The molecule has 0 radical (unpaired) electrons. The Balaban J connectivity index is 1.16. The van der Waals surface area contributed by atoms with Crippen molar-refractivity contribution in [3.05, 3.63) is 254 Å². The Bertz CT molecular complexity index is 5910. The van der Waals surface area contributed by atoms with Gasteiger partial charge in [0, 0.05) is 44.2 Å². The molecule has 0 aliphatic carbocycles. The van der Waals surface area contributed by atoms with Gasteiger partial charge >= 0.3 is 0 Å². The van der Waals surface area contributed by atoms with E-state index in [9.17, 15) is 19.2 Å². The highest BCUT2D eigenvalue weighted by molar-refractivity contribution is 6.17. The molecule has 0 spiro atoms. The predicted octanol–water partition coefficient (Wildman–Crippen LogP) is 18.0. The van der Waals surface area contributed by atoms with Crippen molar-refractivity contribution in [1.82, 2.24) is 4.57 Å². The number of fused-ring (bicyclic) bond motifs is 7. The number of hydrogen-bond donors (Lipinski definition) is 0. The second-order valence-corrected chi connectivity index (χ2v) is 14.7. The van der Waals surface area contributed by atoms with E-state index < -0.39 is 282 Å². The van der Waals surface area contributed by atoms with Gasteiger partial charge in [-0.1, -0.05) is 175 Å². The van der Waals surface area contributed by atoms with E-state index >= 15 is 0 Å². The summed E-state index contributed by atoms with van der Waals surface area (Å²) in [5.74, 6) is 0. The maximum Gasteiger partial charge on any atom is 0.136 e. The summed E-state index contributed by atoms with van der Waals surface area (Å²) >= 11 is 0. The molecular weight excluding hydrogens is 813 g/mol. The standard InChI is InChI=1S/C64H42N2O/c1-4-16-43(17-5-1)44-30-34-50(35-31-44)65(60-38-33-47(40-57(60)46-18-6-2-7-19-46)53-26-14-21-45-20-10-11-24-52(45)53)51-36-39-62-58(42-51)55-37-32-48(41-63(55)67-62)54-27-15-29-61-64(54)56-25-12-13-28-59(56)66(61)49-22-8-3-9-23-49/h1-42H/i1D,3D,4D,5D,6D,8D,9D,10D,11D,12D,13D,14D,15D,16D,17D,18D,20D,21D,22D,23D,24D,26D,27D,28D,29D,30D,32D,33D,36D,37D,39D,41D,42D. The monoisotopic (exact) mass is 888 g/mol. The van der Waals surface area contributed by atoms with E-state index in [1.54, 1.807) is 0 Å². The molecule has 0 aliphatic rings. The number of hydrogen-bond acceptors (Lipinski definition) is 2. The number of rotatable bonds is 8. The van der Waals surface area contributed by atoms with Gasteiger partial charge in [-0.2, -0.15) is 0 Å². The Labute approximate surface area is 435 Å². The van der Waals surface area contributed by atoms with Gasteiger partial charge in [0.1, 0.15) is 11.2 Å². The molecule has 13 aromatic rings. The molecule has 0 atom stereocenters. The van der Waals surface area contributed by atoms with E-state index in [2.05, 4.69) is 0 Å². The highest BCUT2D eigenvalue weighted by atomic mass is 16.3. The van der Waals surface area contributed by atoms with Crippen molar-refractivity contribution in [3.63, 3.8) is 0 Å². The lowest BCUT2D eigenvalue weighted by Gasteiger charge is -2.29. The van der Waals surface area contributed by atoms with Gasteiger partial charge < -0.3 is 13.9 Å². The molecule has 2 heterocycles. The summed E-state index contributed by atoms with van der Waals surface area (Å²) < 4.78 is 307. The van der Waals surface area contributed by atoms with Crippen LogP contribution in [0.5, 0.6) is 0 Å². The van der Waals surface area contributed by atoms with E-state index in [0.29, 0.717) is 0 Å². The molecule has 0 bridgehead atoms. The van der Waals surface area contributed by atoms with Crippen LogP contribution in [-0.2, 0) is 0 Å². The minimum atomic E-state index is -0.970. The predicted molar refractivity (Wildman–Crippen MR) is 282 cm³/mol. The lowest BCUT2D eigenvalue weighted by molar-refractivity contribution is 0.669. The Hall–Kier alpha value is -8.92. The van der Waals surface area contributed by atoms with Crippen molar-refractivity contribution in [3.8, 4) is 50.2 Å². The van der Waals surface area contributed by atoms with Crippen molar-refractivity contribution >= 4 is 71.6 Å². The fraction of sp³-hybridized carbons (Fsp3) is 0. The largest absolute Gasteiger partial charge is 0.456 e. The van der Waals surface area contributed by atoms with Gasteiger partial charge in [0.2, 0.25) is 0 Å². The first-order valence-electron chi connectivity index (χ1n) is 36.7. The van der Waals surface area contributed by atoms with Crippen molar-refractivity contribution < 1.29 is 49.7 Å². The zero-order valence-corrected chi connectivity index (χ0v) is 34.0. The third-order valence-corrected chi connectivity index (χ3v) is 11.0. The van der Waals surface area contributed by atoms with Crippen LogP contribution >= 0.6 is 0 Å². The zero-order chi connectivity index (χ0) is 73.0. The van der Waals surface area contributed by atoms with Gasteiger partial charge in [-0.3, -0.25) is 0 Å². The second-order valence-electron chi connectivity index (χ2n) is 14.7. The molecule has 0 saturated carbocycles. The first kappa shape index (κ1) is 17.8. The minimum absolute atomic E-state index is 0.180. The Morgan fingerprint density at radius 3 is 2.07 bits per heavy atom. The topological polar surface area (TPSA) is 21.3 Å². The lowest BCUT2D eigenvalue weighted by atomic mass is 9.93. The average molecular weight is 888 g/mol. The molecule has 13 rings (SSSR count). The Morgan fingerprint density at radius 2 is 1.16 bits per heavy atom. The molecule has 314 valence electrons.